The number of benzene rings is 1. The van der Waals surface area contributed by atoms with Gasteiger partial charge in [-0.1, -0.05) is 32.8 Å². The van der Waals surface area contributed by atoms with Gasteiger partial charge in [-0.05, 0) is 51.1 Å². The SMILES string of the molecule is CCN(CC)C(C)CNC(=O)c1cccc(S(=O)(=O)N2CCCCCC2)c1. The molecule has 6 nitrogen and oxygen atoms in total. The summed E-state index contributed by atoms with van der Waals surface area (Å²) in [6.07, 6.45) is 3.92. The van der Waals surface area contributed by atoms with Crippen molar-refractivity contribution in [2.24, 2.45) is 0 Å². The van der Waals surface area contributed by atoms with E-state index in [1.54, 1.807) is 22.5 Å². The normalized spacial score (nSPS) is 17.5. The van der Waals surface area contributed by atoms with Crippen LogP contribution in [0.1, 0.15) is 56.8 Å². The van der Waals surface area contributed by atoms with Crippen LogP contribution in [-0.2, 0) is 10.0 Å². The van der Waals surface area contributed by atoms with Gasteiger partial charge in [0.2, 0.25) is 10.0 Å². The molecule has 0 spiro atoms. The quantitative estimate of drug-likeness (QED) is 0.735. The lowest BCUT2D eigenvalue weighted by atomic mass is 10.2. The molecule has 27 heavy (non-hydrogen) atoms. The molecule has 1 aliphatic heterocycles. The Morgan fingerprint density at radius 2 is 1.78 bits per heavy atom. The van der Waals surface area contributed by atoms with Crippen molar-refractivity contribution in [3.8, 4) is 0 Å². The lowest BCUT2D eigenvalue weighted by molar-refractivity contribution is 0.0937. The number of hydrogen-bond acceptors (Lipinski definition) is 4. The number of carbonyl (C=O) groups excluding carboxylic acids is 1. The zero-order valence-electron chi connectivity index (χ0n) is 16.8. The zero-order valence-corrected chi connectivity index (χ0v) is 17.6. The second-order valence-corrected chi connectivity index (χ2v) is 9.06. The highest BCUT2D eigenvalue weighted by atomic mass is 32.2. The van der Waals surface area contributed by atoms with Crippen molar-refractivity contribution in [2.75, 3.05) is 32.7 Å². The van der Waals surface area contributed by atoms with Crippen molar-refractivity contribution < 1.29 is 13.2 Å². The van der Waals surface area contributed by atoms with Crippen molar-refractivity contribution >= 4 is 15.9 Å². The van der Waals surface area contributed by atoms with Gasteiger partial charge in [-0.15, -0.1) is 0 Å². The molecule has 1 heterocycles. The minimum Gasteiger partial charge on any atom is -0.350 e. The summed E-state index contributed by atoms with van der Waals surface area (Å²) in [5, 5.41) is 2.93. The fourth-order valence-electron chi connectivity index (χ4n) is 3.55. The van der Waals surface area contributed by atoms with E-state index in [1.165, 1.54) is 6.07 Å². The van der Waals surface area contributed by atoms with E-state index in [-0.39, 0.29) is 16.8 Å². The Balaban J connectivity index is 2.08. The van der Waals surface area contributed by atoms with Gasteiger partial charge in [-0.2, -0.15) is 4.31 Å². The first-order valence-corrected chi connectivity index (χ1v) is 11.5. The van der Waals surface area contributed by atoms with E-state index < -0.39 is 10.0 Å². The number of amides is 1. The molecule has 152 valence electrons. The molecular weight excluding hydrogens is 362 g/mol. The molecule has 1 saturated heterocycles. The van der Waals surface area contributed by atoms with Crippen LogP contribution in [0.3, 0.4) is 0 Å². The number of nitrogens with zero attached hydrogens (tertiary/aromatic N) is 2. The van der Waals surface area contributed by atoms with Crippen LogP contribution in [0.5, 0.6) is 0 Å². The molecule has 1 atom stereocenters. The summed E-state index contributed by atoms with van der Waals surface area (Å²) < 4.78 is 27.4. The Labute approximate surface area is 164 Å². The summed E-state index contributed by atoms with van der Waals surface area (Å²) in [4.78, 5) is 15.0. The van der Waals surface area contributed by atoms with Crippen LogP contribution < -0.4 is 5.32 Å². The van der Waals surface area contributed by atoms with Crippen LogP contribution in [0.4, 0.5) is 0 Å². The van der Waals surface area contributed by atoms with Gasteiger partial charge in [0.1, 0.15) is 0 Å². The van der Waals surface area contributed by atoms with Crippen LogP contribution in [0.25, 0.3) is 0 Å². The van der Waals surface area contributed by atoms with Crippen LogP contribution >= 0.6 is 0 Å². The molecule has 0 saturated carbocycles. The fraction of sp³-hybridized carbons (Fsp3) is 0.650. The molecule has 1 fully saturated rings. The van der Waals surface area contributed by atoms with Gasteiger partial charge in [0.15, 0.2) is 0 Å². The number of sulfonamides is 1. The lowest BCUT2D eigenvalue weighted by Gasteiger charge is -2.26. The van der Waals surface area contributed by atoms with Gasteiger partial charge in [0.25, 0.3) is 5.91 Å². The average molecular weight is 396 g/mol. The third kappa shape index (κ3) is 5.77. The van der Waals surface area contributed by atoms with E-state index in [2.05, 4.69) is 31.0 Å². The minimum atomic E-state index is -3.55. The summed E-state index contributed by atoms with van der Waals surface area (Å²) in [5.41, 5.74) is 0.387. The van der Waals surface area contributed by atoms with Gasteiger partial charge in [-0.25, -0.2) is 8.42 Å². The smallest absolute Gasteiger partial charge is 0.251 e. The second-order valence-electron chi connectivity index (χ2n) is 7.13. The Hall–Kier alpha value is -1.44. The molecule has 7 heteroatoms. The van der Waals surface area contributed by atoms with Crippen molar-refractivity contribution in [2.45, 2.75) is 57.4 Å². The van der Waals surface area contributed by atoms with E-state index in [0.29, 0.717) is 25.2 Å². The van der Waals surface area contributed by atoms with E-state index in [9.17, 15) is 13.2 Å². The number of hydrogen-bond donors (Lipinski definition) is 1. The molecule has 1 aromatic carbocycles. The highest BCUT2D eigenvalue weighted by Gasteiger charge is 2.25. The predicted molar refractivity (Wildman–Crippen MR) is 108 cm³/mol. The molecular formula is C20H33N3O3S. The van der Waals surface area contributed by atoms with Gasteiger partial charge in [-0.3, -0.25) is 9.69 Å². The Bertz CT molecular complexity index is 709. The first-order valence-electron chi connectivity index (χ1n) is 10.0. The van der Waals surface area contributed by atoms with Crippen LogP contribution in [-0.4, -0.2) is 62.3 Å². The monoisotopic (exact) mass is 395 g/mol. The van der Waals surface area contributed by atoms with E-state index in [0.717, 1.165) is 38.8 Å². The second kappa shape index (κ2) is 10.2. The number of nitrogens with one attached hydrogen (secondary N) is 1. The maximum atomic E-state index is 12.9. The summed E-state index contributed by atoms with van der Waals surface area (Å²) in [7, 11) is -3.55. The third-order valence-electron chi connectivity index (χ3n) is 5.29. The van der Waals surface area contributed by atoms with E-state index in [1.807, 2.05) is 0 Å². The van der Waals surface area contributed by atoms with Crippen molar-refractivity contribution in [1.82, 2.24) is 14.5 Å². The van der Waals surface area contributed by atoms with Gasteiger partial charge in [0, 0.05) is 31.2 Å². The molecule has 1 amide bonds. The lowest BCUT2D eigenvalue weighted by Crippen LogP contribution is -2.42. The average Bonchev–Trinajstić information content (AvgIpc) is 2.97. The van der Waals surface area contributed by atoms with Gasteiger partial charge >= 0.3 is 0 Å². The fourth-order valence-corrected chi connectivity index (χ4v) is 5.11. The molecule has 0 radical (unpaired) electrons. The molecule has 2 rings (SSSR count). The zero-order chi connectivity index (χ0) is 19.9. The topological polar surface area (TPSA) is 69.7 Å². The van der Waals surface area contributed by atoms with Crippen molar-refractivity contribution in [1.29, 1.82) is 0 Å². The maximum absolute atomic E-state index is 12.9. The highest BCUT2D eigenvalue weighted by molar-refractivity contribution is 7.89. The summed E-state index contributed by atoms with van der Waals surface area (Å²) in [6, 6.07) is 6.62. The molecule has 1 aromatic rings. The Morgan fingerprint density at radius 3 is 2.37 bits per heavy atom. The van der Waals surface area contributed by atoms with Crippen molar-refractivity contribution in [3.63, 3.8) is 0 Å². The molecule has 1 unspecified atom stereocenters. The molecule has 0 aromatic heterocycles. The molecule has 1 N–H and O–H groups in total. The van der Waals surface area contributed by atoms with Gasteiger partial charge in [0.05, 0.1) is 4.90 Å². The minimum absolute atomic E-state index is 0.203. The van der Waals surface area contributed by atoms with Crippen LogP contribution in [0, 0.1) is 0 Å². The Morgan fingerprint density at radius 1 is 1.15 bits per heavy atom. The van der Waals surface area contributed by atoms with E-state index in [4.69, 9.17) is 0 Å². The number of rotatable bonds is 8. The number of carbonyl (C=O) groups is 1. The first kappa shape index (κ1) is 21.9. The molecule has 1 aliphatic rings. The summed E-state index contributed by atoms with van der Waals surface area (Å²) >= 11 is 0. The standard InChI is InChI=1S/C20H33N3O3S/c1-4-22(5-2)17(3)16-21-20(24)18-11-10-12-19(15-18)27(25,26)23-13-8-6-7-9-14-23/h10-12,15,17H,4-9,13-14,16H2,1-3H3,(H,21,24). The van der Waals surface area contributed by atoms with Crippen molar-refractivity contribution in [3.05, 3.63) is 29.8 Å². The van der Waals surface area contributed by atoms with Crippen LogP contribution in [0.2, 0.25) is 0 Å². The Kier molecular flexibility index (Phi) is 8.26. The largest absolute Gasteiger partial charge is 0.350 e. The molecule has 0 aliphatic carbocycles. The highest BCUT2D eigenvalue weighted by Crippen LogP contribution is 2.21. The van der Waals surface area contributed by atoms with Gasteiger partial charge < -0.3 is 5.32 Å². The predicted octanol–water partition coefficient (Wildman–Crippen LogP) is 2.71. The summed E-state index contributed by atoms with van der Waals surface area (Å²) in [6.45, 7) is 9.77. The maximum Gasteiger partial charge on any atom is 0.251 e. The number of likely N-dealkylation sites (N-methyl/N-ethyl adjacent to an activating group) is 1. The first-order chi connectivity index (χ1) is 12.9. The molecule has 0 bridgehead atoms. The van der Waals surface area contributed by atoms with E-state index >= 15 is 0 Å². The third-order valence-corrected chi connectivity index (χ3v) is 7.19. The summed E-state index contributed by atoms with van der Waals surface area (Å²) in [5.74, 6) is -0.234. The van der Waals surface area contributed by atoms with Crippen LogP contribution in [0.15, 0.2) is 29.2 Å².